The Morgan fingerprint density at radius 2 is 1.60 bits per heavy atom. The first-order valence-electron chi connectivity index (χ1n) is 9.90. The van der Waals surface area contributed by atoms with Crippen molar-refractivity contribution in [3.63, 3.8) is 0 Å². The molecule has 0 spiro atoms. The van der Waals surface area contributed by atoms with Crippen LogP contribution >= 0.6 is 11.3 Å². The molecule has 1 N–H and O–H groups in total. The fourth-order valence-electron chi connectivity index (χ4n) is 3.44. The maximum atomic E-state index is 11.6. The van der Waals surface area contributed by atoms with Gasteiger partial charge in [-0.15, -0.1) is 0 Å². The van der Waals surface area contributed by atoms with Gasteiger partial charge in [-0.1, -0.05) is 0 Å². The van der Waals surface area contributed by atoms with Gasteiger partial charge < -0.3 is 0 Å². The van der Waals surface area contributed by atoms with Gasteiger partial charge in [0.15, 0.2) is 0 Å². The Bertz CT molecular complexity index is 498. The molecule has 0 saturated carbocycles. The van der Waals surface area contributed by atoms with Crippen molar-refractivity contribution in [3.05, 3.63) is 6.20 Å². The summed E-state index contributed by atoms with van der Waals surface area (Å²) in [7, 11) is 0. The topological polar surface area (TPSA) is 53.4 Å². The van der Waals surface area contributed by atoms with Crippen molar-refractivity contribution in [2.45, 2.75) is 92.5 Å². The molecule has 25 heavy (non-hydrogen) atoms. The number of unbranched alkanes of at least 4 members (excludes halogenated alkanes) is 3. The zero-order chi connectivity index (χ0) is 18.9. The predicted molar refractivity (Wildman–Crippen MR) is 112 cm³/mol. The third-order valence-electron chi connectivity index (χ3n) is 4.97. The zero-order valence-electron chi connectivity index (χ0n) is 16.7. The summed E-state index contributed by atoms with van der Waals surface area (Å²) in [6.45, 7) is 10.7. The molecule has 4 nitrogen and oxygen atoms in total. The molecule has 1 aromatic rings. The second kappa shape index (κ2) is 11.4. The van der Waals surface area contributed by atoms with Crippen LogP contribution < -0.4 is 7.79 Å². The molecule has 1 rings (SSSR count). The molecule has 1 heterocycles. The molecule has 0 aliphatic rings. The second-order valence-electron chi connectivity index (χ2n) is 7.34. The maximum absolute atomic E-state index is 11.6. The van der Waals surface area contributed by atoms with E-state index in [0.717, 1.165) is 0 Å². The van der Waals surface area contributed by atoms with Crippen LogP contribution in [0, 0.1) is 0 Å². The van der Waals surface area contributed by atoms with Gasteiger partial charge in [-0.2, -0.15) is 0 Å². The Morgan fingerprint density at radius 1 is 1.12 bits per heavy atom. The minimum absolute atomic E-state index is 0.0805. The monoisotopic (exact) mass is 476 g/mol. The van der Waals surface area contributed by atoms with Gasteiger partial charge in [0.05, 0.1) is 0 Å². The number of amides is 1. The zero-order valence-corrected chi connectivity index (χ0v) is 20.3. The summed E-state index contributed by atoms with van der Waals surface area (Å²) in [5, 5.41) is 10.2. The van der Waals surface area contributed by atoms with E-state index in [-0.39, 0.29) is 6.04 Å². The standard InChI is InChI=1S/C7H9N2O2S.3C4H9.Sn/c1-5(2)9(7(10)11)6-8-3-4-12-6;3*1-3-4-2;/h3,5H,1-2H3,(H,10,11);3*1,3-4H2,2H3;. The van der Waals surface area contributed by atoms with Crippen molar-refractivity contribution in [3.8, 4) is 0 Å². The van der Waals surface area contributed by atoms with Crippen LogP contribution in [0.4, 0.5) is 9.93 Å². The van der Waals surface area contributed by atoms with Gasteiger partial charge in [0.2, 0.25) is 0 Å². The first-order chi connectivity index (χ1) is 11.9. The Balaban J connectivity index is 3.21. The van der Waals surface area contributed by atoms with Crippen molar-refractivity contribution in [1.82, 2.24) is 4.98 Å². The first-order valence-corrected chi connectivity index (χ1v) is 18.2. The van der Waals surface area contributed by atoms with E-state index in [1.54, 1.807) is 11.3 Å². The van der Waals surface area contributed by atoms with E-state index in [0.29, 0.717) is 5.13 Å². The summed E-state index contributed by atoms with van der Waals surface area (Å²) in [4.78, 5) is 17.6. The average Bonchev–Trinajstić information content (AvgIpc) is 3.03. The van der Waals surface area contributed by atoms with E-state index in [2.05, 4.69) is 32.0 Å². The molecule has 0 aliphatic carbocycles. The van der Waals surface area contributed by atoms with Gasteiger partial charge in [0, 0.05) is 0 Å². The minimum atomic E-state index is -2.49. The van der Waals surface area contributed by atoms with Crippen LogP contribution in [0.5, 0.6) is 0 Å². The molecule has 0 saturated heterocycles. The van der Waals surface area contributed by atoms with Crippen molar-refractivity contribution in [1.29, 1.82) is 0 Å². The summed E-state index contributed by atoms with van der Waals surface area (Å²) in [5.74, 6) is 0. The molecule has 0 bridgehead atoms. The molecule has 6 heteroatoms. The van der Waals surface area contributed by atoms with Gasteiger partial charge in [-0.3, -0.25) is 0 Å². The van der Waals surface area contributed by atoms with E-state index >= 15 is 0 Å². The quantitative estimate of drug-likeness (QED) is 0.372. The van der Waals surface area contributed by atoms with Crippen LogP contribution in [0.15, 0.2) is 6.20 Å². The van der Waals surface area contributed by atoms with Crippen molar-refractivity contribution in [2.75, 3.05) is 4.90 Å². The average molecular weight is 475 g/mol. The van der Waals surface area contributed by atoms with Gasteiger partial charge in [0.1, 0.15) is 0 Å². The fraction of sp³-hybridized carbons (Fsp3) is 0.789. The van der Waals surface area contributed by atoms with E-state index in [4.69, 9.17) is 0 Å². The van der Waals surface area contributed by atoms with Crippen LogP contribution in [0.2, 0.25) is 13.3 Å². The van der Waals surface area contributed by atoms with Crippen LogP contribution in [-0.2, 0) is 0 Å². The molecular weight excluding hydrogens is 439 g/mol. The van der Waals surface area contributed by atoms with Crippen LogP contribution in [0.3, 0.4) is 0 Å². The second-order valence-corrected chi connectivity index (χ2v) is 22.5. The van der Waals surface area contributed by atoms with Gasteiger partial charge >= 0.3 is 162 Å². The van der Waals surface area contributed by atoms with E-state index in [1.807, 2.05) is 13.8 Å². The molecule has 0 radical (unpaired) electrons. The number of hydrogen-bond donors (Lipinski definition) is 1. The normalized spacial score (nSPS) is 11.9. The first kappa shape index (κ1) is 22.7. The number of anilines is 1. The molecule has 1 amide bonds. The third-order valence-corrected chi connectivity index (χ3v) is 24.1. The van der Waals surface area contributed by atoms with Gasteiger partial charge in [-0.05, 0) is 0 Å². The number of carbonyl (C=O) groups is 1. The Kier molecular flexibility index (Phi) is 10.4. The molecule has 0 aromatic carbocycles. The van der Waals surface area contributed by atoms with Gasteiger partial charge in [-0.25, -0.2) is 0 Å². The molecular formula is C19H36N2O2SSn. The van der Waals surface area contributed by atoms with Crippen molar-refractivity contribution < 1.29 is 9.90 Å². The molecule has 144 valence electrons. The molecule has 0 atom stereocenters. The van der Waals surface area contributed by atoms with Crippen molar-refractivity contribution >= 4 is 43.8 Å². The number of thiazole rings is 1. The molecule has 0 fully saturated rings. The molecule has 0 aliphatic heterocycles. The summed E-state index contributed by atoms with van der Waals surface area (Å²) in [6.07, 6.45) is 8.82. The summed E-state index contributed by atoms with van der Waals surface area (Å²) in [5.41, 5.74) is 0. The molecule has 0 unspecified atom stereocenters. The Labute approximate surface area is 161 Å². The summed E-state index contributed by atoms with van der Waals surface area (Å²) in [6, 6.07) is -0.0805. The van der Waals surface area contributed by atoms with E-state index in [9.17, 15) is 9.90 Å². The number of aromatic nitrogens is 1. The Morgan fingerprint density at radius 3 is 1.96 bits per heavy atom. The summed E-state index contributed by atoms with van der Waals surface area (Å²) < 4.78 is 5.66. The summed E-state index contributed by atoms with van der Waals surface area (Å²) >= 11 is -0.810. The van der Waals surface area contributed by atoms with Crippen LogP contribution in [0.1, 0.15) is 73.1 Å². The van der Waals surface area contributed by atoms with E-state index < -0.39 is 24.5 Å². The molecule has 1 aromatic heterocycles. The number of hydrogen-bond acceptors (Lipinski definition) is 3. The van der Waals surface area contributed by atoms with Crippen molar-refractivity contribution in [2.24, 2.45) is 0 Å². The Hall–Kier alpha value is -0.301. The third kappa shape index (κ3) is 6.42. The number of nitrogens with zero attached hydrogens (tertiary/aromatic N) is 2. The predicted octanol–water partition coefficient (Wildman–Crippen LogP) is 6.09. The van der Waals surface area contributed by atoms with Crippen LogP contribution in [0.25, 0.3) is 0 Å². The number of rotatable bonds is 12. The number of carboxylic acid groups (broad SMARTS) is 1. The van der Waals surface area contributed by atoms with Gasteiger partial charge in [0.25, 0.3) is 0 Å². The fourth-order valence-corrected chi connectivity index (χ4v) is 23.2. The van der Waals surface area contributed by atoms with Crippen LogP contribution in [-0.4, -0.2) is 40.6 Å². The SMILES string of the molecule is CCC[CH2][Sn]([CH2]CCC)([CH2]CCC)[c]1cnc(N(C(=O)O)C(C)C)s1. The van der Waals surface area contributed by atoms with E-state index in [1.165, 1.54) is 59.6 Å².